The van der Waals surface area contributed by atoms with Gasteiger partial charge in [-0.2, -0.15) is 5.10 Å². The average Bonchev–Trinajstić information content (AvgIpc) is 3.59. The molecule has 0 aliphatic carbocycles. The van der Waals surface area contributed by atoms with Crippen molar-refractivity contribution in [2.24, 2.45) is 0 Å². The van der Waals surface area contributed by atoms with Crippen LogP contribution in [0.5, 0.6) is 0 Å². The third kappa shape index (κ3) is 4.09. The van der Waals surface area contributed by atoms with Crippen molar-refractivity contribution in [1.82, 2.24) is 20.0 Å². The zero-order valence-corrected chi connectivity index (χ0v) is 18.2. The predicted molar refractivity (Wildman–Crippen MR) is 122 cm³/mol. The second-order valence-corrected chi connectivity index (χ2v) is 8.58. The maximum absolute atomic E-state index is 13.0. The van der Waals surface area contributed by atoms with Crippen LogP contribution in [0.25, 0.3) is 17.1 Å². The van der Waals surface area contributed by atoms with Crippen LogP contribution in [0.4, 0.5) is 0 Å². The van der Waals surface area contributed by atoms with Gasteiger partial charge in [0.05, 0.1) is 12.0 Å². The van der Waals surface area contributed by atoms with Crippen LogP contribution < -0.4 is 5.32 Å². The van der Waals surface area contributed by atoms with E-state index in [4.69, 9.17) is 4.42 Å². The Kier molecular flexibility index (Phi) is 5.60. The Morgan fingerprint density at radius 3 is 2.81 bits per heavy atom. The summed E-state index contributed by atoms with van der Waals surface area (Å²) >= 11 is 1.75. The molecule has 1 aliphatic rings. The Morgan fingerprint density at radius 2 is 2.00 bits per heavy atom. The smallest absolute Gasteiger partial charge is 0.270 e. The lowest BCUT2D eigenvalue weighted by Crippen LogP contribution is -2.37. The second-order valence-electron chi connectivity index (χ2n) is 7.58. The Hall–Kier alpha value is -3.65. The number of fused-ring (bicyclic) bond motifs is 1. The molecule has 0 bridgehead atoms. The third-order valence-corrected chi connectivity index (χ3v) is 6.52. The van der Waals surface area contributed by atoms with E-state index in [2.05, 4.69) is 21.9 Å². The lowest BCUT2D eigenvalue weighted by atomic mass is 10.1. The fourth-order valence-electron chi connectivity index (χ4n) is 3.85. The van der Waals surface area contributed by atoms with Gasteiger partial charge >= 0.3 is 0 Å². The van der Waals surface area contributed by atoms with E-state index in [-0.39, 0.29) is 24.8 Å². The number of nitrogens with one attached hydrogen (secondary N) is 1. The SMILES string of the molecule is O=C(NCCC(=O)N1CCc2sccc2C1)c1cc(-c2ccco2)nn1-c1ccccc1. The van der Waals surface area contributed by atoms with Gasteiger partial charge < -0.3 is 14.6 Å². The number of para-hydroxylation sites is 1. The number of rotatable bonds is 6. The molecule has 0 spiro atoms. The summed E-state index contributed by atoms with van der Waals surface area (Å²) in [4.78, 5) is 28.9. The van der Waals surface area contributed by atoms with Gasteiger partial charge in [0.15, 0.2) is 5.76 Å². The molecule has 7 nitrogen and oxygen atoms in total. The number of aromatic nitrogens is 2. The summed E-state index contributed by atoms with van der Waals surface area (Å²) in [7, 11) is 0. The minimum absolute atomic E-state index is 0.0509. The van der Waals surface area contributed by atoms with Crippen LogP contribution in [0.2, 0.25) is 0 Å². The summed E-state index contributed by atoms with van der Waals surface area (Å²) in [5.74, 6) is 0.350. The van der Waals surface area contributed by atoms with Crippen molar-refractivity contribution in [2.75, 3.05) is 13.1 Å². The maximum atomic E-state index is 13.0. The first-order valence-electron chi connectivity index (χ1n) is 10.5. The minimum atomic E-state index is -0.286. The molecule has 4 aromatic rings. The van der Waals surface area contributed by atoms with Gasteiger partial charge in [0.1, 0.15) is 11.4 Å². The van der Waals surface area contributed by atoms with E-state index in [9.17, 15) is 9.59 Å². The van der Waals surface area contributed by atoms with Crippen LogP contribution in [-0.4, -0.2) is 39.6 Å². The number of amides is 2. The molecular formula is C24H22N4O3S. The number of nitrogens with zero attached hydrogens (tertiary/aromatic N) is 3. The minimum Gasteiger partial charge on any atom is -0.463 e. The number of thiophene rings is 1. The fraction of sp³-hybridized carbons (Fsp3) is 0.208. The first-order valence-corrected chi connectivity index (χ1v) is 11.4. The second kappa shape index (κ2) is 8.84. The quantitative estimate of drug-likeness (QED) is 0.487. The number of carbonyl (C=O) groups is 2. The van der Waals surface area contributed by atoms with Gasteiger partial charge in [-0.15, -0.1) is 11.3 Å². The first kappa shape index (κ1) is 20.3. The Bertz CT molecular complexity index is 1230. The molecule has 0 unspecified atom stereocenters. The number of benzene rings is 1. The molecule has 8 heteroatoms. The van der Waals surface area contributed by atoms with Gasteiger partial charge in [0.25, 0.3) is 5.91 Å². The zero-order chi connectivity index (χ0) is 21.9. The fourth-order valence-corrected chi connectivity index (χ4v) is 4.74. The van der Waals surface area contributed by atoms with Crippen molar-refractivity contribution in [3.8, 4) is 17.1 Å². The van der Waals surface area contributed by atoms with E-state index in [0.29, 0.717) is 23.7 Å². The van der Waals surface area contributed by atoms with Crippen molar-refractivity contribution >= 4 is 23.2 Å². The lowest BCUT2D eigenvalue weighted by molar-refractivity contribution is -0.131. The molecule has 162 valence electrons. The molecular weight excluding hydrogens is 424 g/mol. The van der Waals surface area contributed by atoms with Crippen molar-refractivity contribution in [3.63, 3.8) is 0 Å². The highest BCUT2D eigenvalue weighted by Crippen LogP contribution is 2.24. The molecule has 0 atom stereocenters. The van der Waals surface area contributed by atoms with E-state index in [1.165, 1.54) is 10.4 Å². The summed E-state index contributed by atoms with van der Waals surface area (Å²) in [6, 6.07) is 16.8. The zero-order valence-electron chi connectivity index (χ0n) is 17.4. The monoisotopic (exact) mass is 446 g/mol. The Morgan fingerprint density at radius 1 is 1.12 bits per heavy atom. The summed E-state index contributed by atoms with van der Waals surface area (Å²) in [6.07, 6.45) is 2.73. The third-order valence-electron chi connectivity index (χ3n) is 5.50. The molecule has 4 heterocycles. The van der Waals surface area contributed by atoms with Gasteiger partial charge in [-0.3, -0.25) is 9.59 Å². The van der Waals surface area contributed by atoms with Crippen LogP contribution in [-0.2, 0) is 17.8 Å². The van der Waals surface area contributed by atoms with E-state index in [1.54, 1.807) is 40.5 Å². The van der Waals surface area contributed by atoms with Gasteiger partial charge in [-0.25, -0.2) is 4.68 Å². The molecule has 0 fully saturated rings. The Labute approximate surface area is 189 Å². The van der Waals surface area contributed by atoms with E-state index in [1.807, 2.05) is 35.2 Å². The molecule has 3 aromatic heterocycles. The molecule has 0 radical (unpaired) electrons. The van der Waals surface area contributed by atoms with Crippen molar-refractivity contribution < 1.29 is 14.0 Å². The van der Waals surface area contributed by atoms with Crippen LogP contribution in [0, 0.1) is 0 Å². The first-order chi connectivity index (χ1) is 15.7. The summed E-state index contributed by atoms with van der Waals surface area (Å²) in [5.41, 5.74) is 2.96. The van der Waals surface area contributed by atoms with Crippen LogP contribution in [0.15, 0.2) is 70.7 Å². The molecule has 1 N–H and O–H groups in total. The molecule has 1 aromatic carbocycles. The number of hydrogen-bond acceptors (Lipinski definition) is 5. The summed E-state index contributed by atoms with van der Waals surface area (Å²) in [6.45, 7) is 1.65. The number of carbonyl (C=O) groups excluding carboxylic acids is 2. The molecule has 5 rings (SSSR count). The highest BCUT2D eigenvalue weighted by Gasteiger charge is 2.22. The van der Waals surface area contributed by atoms with Crippen molar-refractivity contribution in [2.45, 2.75) is 19.4 Å². The average molecular weight is 447 g/mol. The van der Waals surface area contributed by atoms with Gasteiger partial charge in [-0.05, 0) is 47.7 Å². The van der Waals surface area contributed by atoms with Gasteiger partial charge in [0.2, 0.25) is 5.91 Å². The van der Waals surface area contributed by atoms with Crippen molar-refractivity contribution in [3.05, 3.63) is 82.4 Å². The summed E-state index contributed by atoms with van der Waals surface area (Å²) < 4.78 is 7.04. The highest BCUT2D eigenvalue weighted by atomic mass is 32.1. The maximum Gasteiger partial charge on any atom is 0.270 e. The molecule has 32 heavy (non-hydrogen) atoms. The van der Waals surface area contributed by atoms with Crippen molar-refractivity contribution in [1.29, 1.82) is 0 Å². The highest BCUT2D eigenvalue weighted by molar-refractivity contribution is 7.10. The van der Waals surface area contributed by atoms with E-state index >= 15 is 0 Å². The largest absolute Gasteiger partial charge is 0.463 e. The predicted octanol–water partition coefficient (Wildman–Crippen LogP) is 3.90. The number of furan rings is 1. The standard InChI is InChI=1S/C24H22N4O3S/c29-23(27-12-9-22-17(16-27)10-14-32-22)8-11-25-24(30)20-15-19(21-7-4-13-31-21)26-28(20)18-5-2-1-3-6-18/h1-7,10,13-15H,8-9,11-12,16H2,(H,25,30). The lowest BCUT2D eigenvalue weighted by Gasteiger charge is -2.27. The normalized spacial score (nSPS) is 13.1. The molecule has 1 aliphatic heterocycles. The topological polar surface area (TPSA) is 80.4 Å². The summed E-state index contributed by atoms with van der Waals surface area (Å²) in [5, 5.41) is 9.52. The van der Waals surface area contributed by atoms with E-state index < -0.39 is 0 Å². The number of hydrogen-bond donors (Lipinski definition) is 1. The van der Waals surface area contributed by atoms with Gasteiger partial charge in [0, 0.05) is 37.0 Å². The molecule has 2 amide bonds. The molecule has 0 saturated heterocycles. The molecule has 0 saturated carbocycles. The van der Waals surface area contributed by atoms with Crippen LogP contribution in [0.1, 0.15) is 27.3 Å². The van der Waals surface area contributed by atoms with Crippen LogP contribution in [0.3, 0.4) is 0 Å². The van der Waals surface area contributed by atoms with E-state index in [0.717, 1.165) is 18.7 Å². The van der Waals surface area contributed by atoms with Gasteiger partial charge in [-0.1, -0.05) is 18.2 Å². The Balaban J connectivity index is 1.26. The van der Waals surface area contributed by atoms with Crippen LogP contribution >= 0.6 is 11.3 Å².